The van der Waals surface area contributed by atoms with Crippen molar-refractivity contribution in [3.63, 3.8) is 0 Å². The number of rotatable bonds is 4. The molecular weight excluding hydrogens is 252 g/mol. The first-order valence-corrected chi connectivity index (χ1v) is 7.47. The average molecular weight is 284 g/mol. The van der Waals surface area contributed by atoms with Gasteiger partial charge in [-0.2, -0.15) is 0 Å². The van der Waals surface area contributed by atoms with Gasteiger partial charge >= 0.3 is 0 Å². The van der Waals surface area contributed by atoms with Gasteiger partial charge < -0.3 is 10.1 Å². The van der Waals surface area contributed by atoms with Gasteiger partial charge in [0.15, 0.2) is 0 Å². The number of hydrazine groups is 1. The Labute approximate surface area is 123 Å². The lowest BCUT2D eigenvalue weighted by atomic mass is 9.64. The SMILES string of the molecule is COCC(C)NC(=NC1CC(C)(C)CC(C)(C)C1)NN. The van der Waals surface area contributed by atoms with E-state index in [0.717, 1.165) is 12.8 Å². The van der Waals surface area contributed by atoms with Gasteiger partial charge in [-0.1, -0.05) is 27.7 Å². The van der Waals surface area contributed by atoms with E-state index in [9.17, 15) is 0 Å². The van der Waals surface area contributed by atoms with E-state index in [-0.39, 0.29) is 6.04 Å². The van der Waals surface area contributed by atoms with Crippen molar-refractivity contribution in [2.75, 3.05) is 13.7 Å². The fourth-order valence-electron chi connectivity index (χ4n) is 3.70. The molecule has 0 aromatic rings. The van der Waals surface area contributed by atoms with Gasteiger partial charge in [0.25, 0.3) is 0 Å². The zero-order chi connectivity index (χ0) is 15.4. The summed E-state index contributed by atoms with van der Waals surface area (Å²) < 4.78 is 5.12. The predicted molar refractivity (Wildman–Crippen MR) is 84.4 cm³/mol. The summed E-state index contributed by atoms with van der Waals surface area (Å²) in [6, 6.07) is 0.487. The number of guanidine groups is 1. The molecule has 118 valence electrons. The third-order valence-electron chi connectivity index (χ3n) is 3.78. The molecule has 1 atom stereocenters. The van der Waals surface area contributed by atoms with Crippen molar-refractivity contribution >= 4 is 5.96 Å². The second-order valence-electron chi connectivity index (χ2n) is 7.69. The second-order valence-corrected chi connectivity index (χ2v) is 7.69. The minimum Gasteiger partial charge on any atom is -0.383 e. The molecule has 1 saturated carbocycles. The Balaban J connectivity index is 2.73. The van der Waals surface area contributed by atoms with Crippen molar-refractivity contribution in [1.82, 2.24) is 10.7 Å². The van der Waals surface area contributed by atoms with Crippen LogP contribution in [0.15, 0.2) is 4.99 Å². The van der Waals surface area contributed by atoms with Crippen LogP contribution in [0, 0.1) is 10.8 Å². The smallest absolute Gasteiger partial charge is 0.206 e. The first-order chi connectivity index (χ1) is 9.17. The Morgan fingerprint density at radius 1 is 1.30 bits per heavy atom. The lowest BCUT2D eigenvalue weighted by molar-refractivity contribution is 0.0993. The van der Waals surface area contributed by atoms with Gasteiger partial charge in [0.1, 0.15) is 0 Å². The lowest BCUT2D eigenvalue weighted by Gasteiger charge is -2.43. The summed E-state index contributed by atoms with van der Waals surface area (Å²) in [4.78, 5) is 4.78. The molecule has 20 heavy (non-hydrogen) atoms. The van der Waals surface area contributed by atoms with Crippen molar-refractivity contribution in [3.8, 4) is 0 Å². The summed E-state index contributed by atoms with van der Waals surface area (Å²) >= 11 is 0. The maximum Gasteiger partial charge on any atom is 0.206 e. The maximum absolute atomic E-state index is 5.59. The Morgan fingerprint density at radius 3 is 2.30 bits per heavy atom. The van der Waals surface area contributed by atoms with E-state index in [1.54, 1.807) is 7.11 Å². The summed E-state index contributed by atoms with van der Waals surface area (Å²) in [7, 11) is 1.69. The van der Waals surface area contributed by atoms with E-state index in [4.69, 9.17) is 15.6 Å². The van der Waals surface area contributed by atoms with E-state index in [0.29, 0.717) is 29.4 Å². The van der Waals surface area contributed by atoms with Gasteiger partial charge in [-0.05, 0) is 37.0 Å². The van der Waals surface area contributed by atoms with Gasteiger partial charge in [0, 0.05) is 13.2 Å². The first kappa shape index (κ1) is 17.2. The normalized spacial score (nSPS) is 24.2. The fourth-order valence-corrected chi connectivity index (χ4v) is 3.70. The summed E-state index contributed by atoms with van der Waals surface area (Å²) in [5, 5.41) is 3.26. The average Bonchev–Trinajstić information content (AvgIpc) is 2.23. The van der Waals surface area contributed by atoms with Crippen LogP contribution >= 0.6 is 0 Å². The van der Waals surface area contributed by atoms with Crippen LogP contribution in [-0.2, 0) is 4.74 Å². The van der Waals surface area contributed by atoms with Crippen LogP contribution in [0.25, 0.3) is 0 Å². The van der Waals surface area contributed by atoms with Crippen LogP contribution in [-0.4, -0.2) is 31.8 Å². The summed E-state index contributed by atoms with van der Waals surface area (Å²) in [6.07, 6.45) is 3.44. The summed E-state index contributed by atoms with van der Waals surface area (Å²) in [5.74, 6) is 6.25. The molecule has 5 nitrogen and oxygen atoms in total. The molecule has 0 amide bonds. The van der Waals surface area contributed by atoms with Crippen molar-refractivity contribution in [3.05, 3.63) is 0 Å². The highest BCUT2D eigenvalue weighted by atomic mass is 16.5. The van der Waals surface area contributed by atoms with Crippen LogP contribution in [0.3, 0.4) is 0 Å². The number of aliphatic imine (C=N–C) groups is 1. The standard InChI is InChI=1S/C15H32N4O/c1-11(9-20-6)17-13(19-16)18-12-7-14(2,3)10-15(4,5)8-12/h11-12H,7-10,16H2,1-6H3,(H2,17,18,19). The zero-order valence-electron chi connectivity index (χ0n) is 13.9. The molecule has 0 aromatic carbocycles. The molecule has 0 saturated heterocycles. The highest BCUT2D eigenvalue weighted by Gasteiger charge is 2.38. The summed E-state index contributed by atoms with van der Waals surface area (Å²) in [5.41, 5.74) is 3.33. The number of nitrogens with zero attached hydrogens (tertiary/aromatic N) is 1. The van der Waals surface area contributed by atoms with Gasteiger partial charge in [-0.15, -0.1) is 0 Å². The van der Waals surface area contributed by atoms with Crippen LogP contribution in [0.5, 0.6) is 0 Å². The number of methoxy groups -OCH3 is 1. The number of nitrogens with two attached hydrogens (primary N) is 1. The number of nitrogens with one attached hydrogen (secondary N) is 2. The molecule has 1 aliphatic rings. The topological polar surface area (TPSA) is 71.7 Å². The highest BCUT2D eigenvalue weighted by molar-refractivity contribution is 5.79. The molecule has 1 fully saturated rings. The minimum absolute atomic E-state index is 0.180. The predicted octanol–water partition coefficient (Wildman–Crippen LogP) is 2.04. The van der Waals surface area contributed by atoms with Gasteiger partial charge in [0.2, 0.25) is 5.96 Å². The zero-order valence-corrected chi connectivity index (χ0v) is 13.9. The van der Waals surface area contributed by atoms with Crippen molar-refractivity contribution in [1.29, 1.82) is 0 Å². The van der Waals surface area contributed by atoms with E-state index in [1.165, 1.54) is 6.42 Å². The van der Waals surface area contributed by atoms with E-state index >= 15 is 0 Å². The molecule has 5 heteroatoms. The molecular formula is C15H32N4O. The molecule has 1 aliphatic carbocycles. The Bertz CT molecular complexity index is 323. The van der Waals surface area contributed by atoms with Gasteiger partial charge in [-0.25, -0.2) is 10.8 Å². The van der Waals surface area contributed by atoms with Crippen molar-refractivity contribution in [2.24, 2.45) is 21.7 Å². The Hall–Kier alpha value is -0.810. The molecule has 0 bridgehead atoms. The van der Waals surface area contributed by atoms with Crippen LogP contribution in [0.2, 0.25) is 0 Å². The fraction of sp³-hybridized carbons (Fsp3) is 0.933. The van der Waals surface area contributed by atoms with E-state index in [1.807, 2.05) is 6.92 Å². The monoisotopic (exact) mass is 284 g/mol. The molecule has 0 radical (unpaired) electrons. The third kappa shape index (κ3) is 5.67. The molecule has 0 spiro atoms. The van der Waals surface area contributed by atoms with Crippen molar-refractivity contribution in [2.45, 2.75) is 66.0 Å². The Kier molecular flexibility index (Phi) is 5.83. The van der Waals surface area contributed by atoms with Crippen LogP contribution in [0.1, 0.15) is 53.9 Å². The van der Waals surface area contributed by atoms with Gasteiger partial charge in [0.05, 0.1) is 12.6 Å². The lowest BCUT2D eigenvalue weighted by Crippen LogP contribution is -2.48. The second kappa shape index (κ2) is 6.76. The minimum atomic E-state index is 0.180. The van der Waals surface area contributed by atoms with Crippen LogP contribution in [0.4, 0.5) is 0 Å². The molecule has 4 N–H and O–H groups in total. The number of hydrogen-bond donors (Lipinski definition) is 3. The molecule has 0 aliphatic heterocycles. The first-order valence-electron chi connectivity index (χ1n) is 7.47. The van der Waals surface area contributed by atoms with Gasteiger partial charge in [-0.3, -0.25) is 5.43 Å². The highest BCUT2D eigenvalue weighted by Crippen LogP contribution is 2.46. The third-order valence-corrected chi connectivity index (χ3v) is 3.78. The van der Waals surface area contributed by atoms with E-state index < -0.39 is 0 Å². The van der Waals surface area contributed by atoms with Crippen molar-refractivity contribution < 1.29 is 4.74 Å². The quantitative estimate of drug-likeness (QED) is 0.320. The molecule has 0 aromatic heterocycles. The van der Waals surface area contributed by atoms with Crippen LogP contribution < -0.4 is 16.6 Å². The maximum atomic E-state index is 5.59. The Morgan fingerprint density at radius 2 is 1.85 bits per heavy atom. The summed E-state index contributed by atoms with van der Waals surface area (Å²) in [6.45, 7) is 12.0. The van der Waals surface area contributed by atoms with E-state index in [2.05, 4.69) is 38.4 Å². The number of hydrogen-bond acceptors (Lipinski definition) is 3. The number of ether oxygens (including phenoxy) is 1. The molecule has 1 unspecified atom stereocenters. The molecule has 1 rings (SSSR count). The molecule has 0 heterocycles. The largest absolute Gasteiger partial charge is 0.383 e.